The number of carbonyl (C=O) groups excluding carboxylic acids is 2. The Morgan fingerprint density at radius 3 is 2.79 bits per heavy atom. The molecule has 4 rings (SSSR count). The molecule has 0 aliphatic carbocycles. The van der Waals surface area contributed by atoms with Crippen LogP contribution >= 0.6 is 11.3 Å². The number of aryl methyl sites for hydroxylation is 1. The maximum Gasteiger partial charge on any atom is 0.247 e. The number of hydrogen-bond donors (Lipinski definition) is 1. The van der Waals surface area contributed by atoms with Crippen LogP contribution in [0.25, 0.3) is 21.3 Å². The molecule has 3 aromatic rings. The van der Waals surface area contributed by atoms with E-state index in [9.17, 15) is 14.0 Å². The molecule has 1 aromatic carbocycles. The van der Waals surface area contributed by atoms with Crippen LogP contribution in [-0.2, 0) is 30.2 Å². The second-order valence-corrected chi connectivity index (χ2v) is 10.8. The van der Waals surface area contributed by atoms with E-state index in [1.807, 2.05) is 24.4 Å². The minimum absolute atomic E-state index is 0.213. The number of ketones is 1. The lowest BCUT2D eigenvalue weighted by Gasteiger charge is -2.22. The Bertz CT molecular complexity index is 1520. The van der Waals surface area contributed by atoms with Crippen molar-refractivity contribution >= 4 is 33.1 Å². The lowest BCUT2D eigenvalue weighted by molar-refractivity contribution is -0.167. The van der Waals surface area contributed by atoms with Gasteiger partial charge in [-0.25, -0.2) is 9.37 Å². The van der Waals surface area contributed by atoms with Crippen molar-refractivity contribution in [2.45, 2.75) is 45.8 Å². The molecule has 1 N–H and O–H groups in total. The third kappa shape index (κ3) is 8.37. The van der Waals surface area contributed by atoms with E-state index in [0.717, 1.165) is 35.8 Å². The van der Waals surface area contributed by atoms with Crippen molar-refractivity contribution in [2.24, 2.45) is 0 Å². The summed E-state index contributed by atoms with van der Waals surface area (Å²) in [4.78, 5) is 30.6. The number of carbonyl (C=O) groups is 2. The number of nitrogens with zero attached hydrogens (tertiary/aromatic N) is 1. The van der Waals surface area contributed by atoms with E-state index in [1.54, 1.807) is 19.1 Å². The molecule has 3 heterocycles. The van der Waals surface area contributed by atoms with Crippen LogP contribution in [0.15, 0.2) is 71.5 Å². The summed E-state index contributed by atoms with van der Waals surface area (Å²) in [6.07, 6.45) is 6.47. The highest BCUT2D eigenvalue weighted by Crippen LogP contribution is 2.35. The molecule has 1 atom stereocenters. The van der Waals surface area contributed by atoms with Crippen molar-refractivity contribution in [1.29, 1.82) is 0 Å². The van der Waals surface area contributed by atoms with Crippen LogP contribution in [0.1, 0.15) is 49.2 Å². The van der Waals surface area contributed by atoms with Crippen molar-refractivity contribution < 1.29 is 32.9 Å². The molecule has 228 valence electrons. The van der Waals surface area contributed by atoms with Crippen LogP contribution in [0.2, 0.25) is 0 Å². The molecule has 43 heavy (non-hydrogen) atoms. The number of halogens is 1. The molecule has 1 aliphatic rings. The van der Waals surface area contributed by atoms with E-state index in [2.05, 4.69) is 16.9 Å². The predicted molar refractivity (Wildman–Crippen MR) is 165 cm³/mol. The SMILES string of the molecule is C=C/C(OCCOC1CCCCO1)=C(\C=C(/C)C(=O)NCC(=O)c1cc(CC)cc(-c2csc3c(F)cccc23)n1)OC. The Morgan fingerprint density at radius 1 is 1.23 bits per heavy atom. The quantitative estimate of drug-likeness (QED) is 0.0733. The van der Waals surface area contributed by atoms with Crippen molar-refractivity contribution in [3.8, 4) is 11.3 Å². The summed E-state index contributed by atoms with van der Waals surface area (Å²) >= 11 is 1.30. The monoisotopic (exact) mass is 608 g/mol. The maximum absolute atomic E-state index is 14.3. The molecule has 0 radical (unpaired) electrons. The lowest BCUT2D eigenvalue weighted by atomic mass is 10.0. The van der Waals surface area contributed by atoms with Crippen molar-refractivity contribution in [1.82, 2.24) is 10.3 Å². The van der Waals surface area contributed by atoms with E-state index in [-0.39, 0.29) is 36.7 Å². The molecule has 8 nitrogen and oxygen atoms in total. The fourth-order valence-electron chi connectivity index (χ4n) is 4.58. The number of allylic oxidation sites excluding steroid dienone is 2. The predicted octanol–water partition coefficient (Wildman–Crippen LogP) is 6.51. The molecule has 1 amide bonds. The fourth-order valence-corrected chi connectivity index (χ4v) is 5.55. The zero-order chi connectivity index (χ0) is 30.8. The molecule has 1 aliphatic heterocycles. The topological polar surface area (TPSA) is 96.0 Å². The van der Waals surface area contributed by atoms with Gasteiger partial charge in [-0.3, -0.25) is 9.59 Å². The molecule has 1 unspecified atom stereocenters. The standard InChI is InChI=1S/C33H37FN2O6S/c1-5-22-17-26(24-20-43-32-23(24)10-9-11-25(32)34)36-27(18-22)28(37)19-35-33(38)21(3)16-30(39-4)29(6-2)40-14-15-42-31-12-7-8-13-41-31/h6,9-11,16-18,20,31H,2,5,7-8,12-15,19H2,1,3-4H3,(H,35,38)/b21-16+,30-29-. The highest BCUT2D eigenvalue weighted by molar-refractivity contribution is 7.17. The number of rotatable bonds is 14. The number of thiophene rings is 1. The number of aromatic nitrogens is 1. The van der Waals surface area contributed by atoms with E-state index in [4.69, 9.17) is 18.9 Å². The first-order chi connectivity index (χ1) is 20.8. The van der Waals surface area contributed by atoms with Gasteiger partial charge < -0.3 is 24.3 Å². The summed E-state index contributed by atoms with van der Waals surface area (Å²) in [6, 6.07) is 8.55. The van der Waals surface area contributed by atoms with Gasteiger partial charge in [-0.05, 0) is 68.5 Å². The normalized spacial score (nSPS) is 16.0. The van der Waals surface area contributed by atoms with Gasteiger partial charge in [0.1, 0.15) is 18.1 Å². The van der Waals surface area contributed by atoms with Crippen molar-refractivity contribution in [3.05, 3.63) is 88.6 Å². The molecular formula is C33H37FN2O6S. The van der Waals surface area contributed by atoms with Gasteiger partial charge in [0.25, 0.3) is 0 Å². The molecule has 1 fully saturated rings. The number of pyridine rings is 1. The average molecular weight is 609 g/mol. The number of nitrogens with one attached hydrogen (secondary N) is 1. The zero-order valence-corrected chi connectivity index (χ0v) is 25.6. The second kappa shape index (κ2) is 15.6. The smallest absolute Gasteiger partial charge is 0.247 e. The molecule has 1 saturated heterocycles. The summed E-state index contributed by atoms with van der Waals surface area (Å²) < 4.78 is 37.3. The second-order valence-electron chi connectivity index (χ2n) is 9.95. The van der Waals surface area contributed by atoms with Crippen LogP contribution in [0.4, 0.5) is 4.39 Å². The van der Waals surface area contributed by atoms with E-state index < -0.39 is 5.91 Å². The van der Waals surface area contributed by atoms with Crippen LogP contribution < -0.4 is 5.32 Å². The van der Waals surface area contributed by atoms with Crippen LogP contribution in [0.5, 0.6) is 0 Å². The highest BCUT2D eigenvalue weighted by atomic mass is 32.1. The number of amides is 1. The van der Waals surface area contributed by atoms with Gasteiger partial charge in [0.05, 0.1) is 30.7 Å². The van der Waals surface area contributed by atoms with Crippen LogP contribution in [0, 0.1) is 5.82 Å². The minimum Gasteiger partial charge on any atom is -0.493 e. The third-order valence-corrected chi connectivity index (χ3v) is 7.96. The maximum atomic E-state index is 14.3. The summed E-state index contributed by atoms with van der Waals surface area (Å²) in [6.45, 7) is 8.40. The molecule has 0 bridgehead atoms. The summed E-state index contributed by atoms with van der Waals surface area (Å²) in [5, 5.41) is 5.25. The Balaban J connectivity index is 1.40. The van der Waals surface area contributed by atoms with Gasteiger partial charge in [-0.1, -0.05) is 25.6 Å². The molecule has 0 saturated carbocycles. The van der Waals surface area contributed by atoms with Crippen LogP contribution in [0.3, 0.4) is 0 Å². The van der Waals surface area contributed by atoms with E-state index in [1.165, 1.54) is 36.7 Å². The fraction of sp³-hybridized carbons (Fsp3) is 0.364. The van der Waals surface area contributed by atoms with Gasteiger partial charge in [0.15, 0.2) is 23.6 Å². The van der Waals surface area contributed by atoms with Gasteiger partial charge >= 0.3 is 0 Å². The largest absolute Gasteiger partial charge is 0.493 e. The Hall–Kier alpha value is -3.86. The molecular weight excluding hydrogens is 571 g/mol. The lowest BCUT2D eigenvalue weighted by Crippen LogP contribution is -2.30. The summed E-state index contributed by atoms with van der Waals surface area (Å²) in [5.74, 6) is -0.421. The Morgan fingerprint density at radius 2 is 2.07 bits per heavy atom. The Labute approximate surface area is 255 Å². The van der Waals surface area contributed by atoms with Gasteiger partial charge in [0.2, 0.25) is 5.91 Å². The number of Topliss-reactive ketones (excluding diaryl/α,β-unsaturated/α-hetero) is 1. The number of benzene rings is 1. The number of hydrogen-bond acceptors (Lipinski definition) is 8. The zero-order valence-electron chi connectivity index (χ0n) is 24.7. The van der Waals surface area contributed by atoms with E-state index in [0.29, 0.717) is 47.1 Å². The first-order valence-corrected chi connectivity index (χ1v) is 15.2. The average Bonchev–Trinajstić information content (AvgIpc) is 3.48. The molecule has 10 heteroatoms. The number of methoxy groups -OCH3 is 1. The highest BCUT2D eigenvalue weighted by Gasteiger charge is 2.17. The van der Waals surface area contributed by atoms with E-state index >= 15 is 0 Å². The minimum atomic E-state index is -0.449. The van der Waals surface area contributed by atoms with Gasteiger partial charge in [-0.15, -0.1) is 11.3 Å². The molecule has 2 aromatic heterocycles. The first kappa shape index (κ1) is 32.1. The summed E-state index contributed by atoms with van der Waals surface area (Å²) in [7, 11) is 1.47. The molecule has 0 spiro atoms. The van der Waals surface area contributed by atoms with Crippen molar-refractivity contribution in [2.75, 3.05) is 33.5 Å². The van der Waals surface area contributed by atoms with Crippen molar-refractivity contribution in [3.63, 3.8) is 0 Å². The summed E-state index contributed by atoms with van der Waals surface area (Å²) in [5.41, 5.74) is 2.80. The Kier molecular flexibility index (Phi) is 11.6. The number of fused-ring (bicyclic) bond motifs is 1. The third-order valence-electron chi connectivity index (χ3n) is 6.95. The first-order valence-electron chi connectivity index (χ1n) is 14.3. The van der Waals surface area contributed by atoms with Gasteiger partial charge in [0, 0.05) is 28.5 Å². The number of ether oxygens (including phenoxy) is 4. The van der Waals surface area contributed by atoms with Gasteiger partial charge in [-0.2, -0.15) is 0 Å². The van der Waals surface area contributed by atoms with Crippen LogP contribution in [-0.4, -0.2) is 56.4 Å².